The van der Waals surface area contributed by atoms with Crippen LogP contribution in [0.2, 0.25) is 10.0 Å². The Bertz CT molecular complexity index is 1110. The minimum atomic E-state index is -0.550. The van der Waals surface area contributed by atoms with E-state index in [2.05, 4.69) is 41.7 Å². The number of unbranched alkanes of at least 4 members (excludes halogenated alkanes) is 1. The number of benzene rings is 2. The molecule has 1 aliphatic rings. The number of rotatable bonds is 7. The summed E-state index contributed by atoms with van der Waals surface area (Å²) >= 11 is 16.1. The van der Waals surface area contributed by atoms with Gasteiger partial charge in [-0.05, 0) is 55.8 Å². The first-order valence-electron chi connectivity index (χ1n) is 10.7. The van der Waals surface area contributed by atoms with Crippen molar-refractivity contribution in [1.82, 2.24) is 9.47 Å². The van der Waals surface area contributed by atoms with Crippen molar-refractivity contribution in [2.75, 3.05) is 42.9 Å². The number of anilines is 2. The molecule has 0 bridgehead atoms. The van der Waals surface area contributed by atoms with E-state index in [0.29, 0.717) is 10.0 Å². The van der Waals surface area contributed by atoms with Gasteiger partial charge >= 0.3 is 6.03 Å². The summed E-state index contributed by atoms with van der Waals surface area (Å²) in [6, 6.07) is 13.3. The highest BCUT2D eigenvalue weighted by atomic mass is 79.9. The van der Waals surface area contributed by atoms with Crippen molar-refractivity contribution in [2.45, 2.75) is 19.4 Å². The number of nitrogens with two attached hydrogens (primary N) is 1. The Morgan fingerprint density at radius 2 is 1.78 bits per heavy atom. The second kappa shape index (κ2) is 10.3. The van der Waals surface area contributed by atoms with Gasteiger partial charge in [0.2, 0.25) is 0 Å². The van der Waals surface area contributed by atoms with E-state index >= 15 is 0 Å². The molecule has 9 heteroatoms. The van der Waals surface area contributed by atoms with Gasteiger partial charge in [-0.25, -0.2) is 4.79 Å². The molecular formula is C23H26BrCl2N5O. The first kappa shape index (κ1) is 23.2. The van der Waals surface area contributed by atoms with Crippen LogP contribution in [0.25, 0.3) is 10.9 Å². The zero-order chi connectivity index (χ0) is 22.7. The molecule has 1 aliphatic heterocycles. The van der Waals surface area contributed by atoms with Crippen LogP contribution in [-0.4, -0.2) is 48.2 Å². The number of urea groups is 1. The van der Waals surface area contributed by atoms with Gasteiger partial charge in [0.1, 0.15) is 5.82 Å². The molecule has 32 heavy (non-hydrogen) atoms. The molecule has 1 fully saturated rings. The summed E-state index contributed by atoms with van der Waals surface area (Å²) in [5.74, 6) is 0.734. The highest BCUT2D eigenvalue weighted by molar-refractivity contribution is 9.10. The number of carbonyl (C=O) groups is 1. The normalized spacial score (nSPS) is 14.8. The van der Waals surface area contributed by atoms with Gasteiger partial charge < -0.3 is 15.2 Å². The Morgan fingerprint density at radius 1 is 1.03 bits per heavy atom. The summed E-state index contributed by atoms with van der Waals surface area (Å²) in [6.07, 6.45) is 2.08. The number of nitrogens with zero attached hydrogens (tertiary/aromatic N) is 3. The van der Waals surface area contributed by atoms with Crippen LogP contribution in [0.1, 0.15) is 12.8 Å². The minimum Gasteiger partial charge on any atom is -0.368 e. The molecule has 3 aromatic rings. The van der Waals surface area contributed by atoms with Crippen molar-refractivity contribution < 1.29 is 4.79 Å². The number of halogens is 3. The molecule has 170 valence electrons. The number of hydrogen-bond acceptors (Lipinski definition) is 3. The van der Waals surface area contributed by atoms with Gasteiger partial charge in [-0.2, -0.15) is 0 Å². The van der Waals surface area contributed by atoms with E-state index in [9.17, 15) is 4.79 Å². The number of amides is 2. The van der Waals surface area contributed by atoms with Crippen LogP contribution in [0, 0.1) is 0 Å². The largest absolute Gasteiger partial charge is 0.368 e. The minimum absolute atomic E-state index is 0.550. The topological polar surface area (TPSA) is 66.5 Å². The van der Waals surface area contributed by atoms with Gasteiger partial charge in [-0.15, -0.1) is 0 Å². The van der Waals surface area contributed by atoms with Gasteiger partial charge in [-0.1, -0.05) is 45.2 Å². The third-order valence-corrected chi connectivity index (χ3v) is 7.17. The lowest BCUT2D eigenvalue weighted by Gasteiger charge is -2.36. The van der Waals surface area contributed by atoms with Gasteiger partial charge in [0, 0.05) is 48.1 Å². The molecule has 1 aromatic heterocycles. The maximum atomic E-state index is 11.4. The highest BCUT2D eigenvalue weighted by Gasteiger charge is 2.19. The molecule has 2 heterocycles. The molecule has 0 aliphatic carbocycles. The zero-order valence-electron chi connectivity index (χ0n) is 17.7. The molecule has 0 unspecified atom stereocenters. The van der Waals surface area contributed by atoms with Crippen LogP contribution in [-0.2, 0) is 6.54 Å². The molecule has 2 aromatic carbocycles. The SMILES string of the molecule is NC(=O)Nc1cc2cc(Br)ccc2n1CCCCN1CCN(c2cccc(Cl)c2Cl)CC1. The van der Waals surface area contributed by atoms with Gasteiger partial charge in [0.15, 0.2) is 0 Å². The molecule has 0 radical (unpaired) electrons. The second-order valence-corrected chi connectivity index (χ2v) is 9.68. The number of piperazine rings is 1. The van der Waals surface area contributed by atoms with Gasteiger partial charge in [0.25, 0.3) is 0 Å². The predicted octanol–water partition coefficient (Wildman–Crippen LogP) is 5.80. The van der Waals surface area contributed by atoms with E-state index in [1.807, 2.05) is 36.4 Å². The Labute approximate surface area is 206 Å². The average molecular weight is 539 g/mol. The lowest BCUT2D eigenvalue weighted by molar-refractivity contribution is 0.251. The summed E-state index contributed by atoms with van der Waals surface area (Å²) in [7, 11) is 0. The fourth-order valence-corrected chi connectivity index (χ4v) is 5.06. The quantitative estimate of drug-likeness (QED) is 0.373. The predicted molar refractivity (Wildman–Crippen MR) is 137 cm³/mol. The van der Waals surface area contributed by atoms with Crippen molar-refractivity contribution in [1.29, 1.82) is 0 Å². The van der Waals surface area contributed by atoms with Crippen LogP contribution < -0.4 is 16.0 Å². The molecule has 3 N–H and O–H groups in total. The fraction of sp³-hybridized carbons (Fsp3) is 0.348. The maximum Gasteiger partial charge on any atom is 0.317 e. The van der Waals surface area contributed by atoms with E-state index in [1.54, 1.807) is 0 Å². The van der Waals surface area contributed by atoms with E-state index in [1.165, 1.54) is 0 Å². The third-order valence-electron chi connectivity index (χ3n) is 5.86. The first-order valence-corrected chi connectivity index (χ1v) is 12.2. The van der Waals surface area contributed by atoms with Crippen LogP contribution in [0.4, 0.5) is 16.3 Å². The standard InChI is InChI=1S/C23H26BrCl2N5O/c24-17-6-7-19-16(14-17)15-21(28-23(27)32)31(19)9-2-1-8-29-10-12-30(13-11-29)20-5-3-4-18(25)22(20)26/h3-7,14-15H,1-2,8-13H2,(H3,27,28,32). The Kier molecular flexibility index (Phi) is 7.51. The number of hydrogen-bond donors (Lipinski definition) is 2. The summed E-state index contributed by atoms with van der Waals surface area (Å²) < 4.78 is 3.14. The number of fused-ring (bicyclic) bond motifs is 1. The van der Waals surface area contributed by atoms with Crippen molar-refractivity contribution in [3.8, 4) is 0 Å². The molecule has 0 saturated carbocycles. The Morgan fingerprint density at radius 3 is 2.53 bits per heavy atom. The van der Waals surface area contributed by atoms with E-state index in [-0.39, 0.29) is 0 Å². The summed E-state index contributed by atoms with van der Waals surface area (Å²) in [5, 5.41) is 5.05. The summed E-state index contributed by atoms with van der Waals surface area (Å²) in [5.41, 5.74) is 7.47. The van der Waals surface area contributed by atoms with Crippen LogP contribution in [0.5, 0.6) is 0 Å². The van der Waals surface area contributed by atoms with Crippen molar-refractivity contribution in [2.24, 2.45) is 5.73 Å². The number of aromatic nitrogens is 1. The number of primary amides is 1. The van der Waals surface area contributed by atoms with Gasteiger partial charge in [-0.3, -0.25) is 10.2 Å². The Balaban J connectivity index is 1.30. The molecular weight excluding hydrogens is 513 g/mol. The summed E-state index contributed by atoms with van der Waals surface area (Å²) in [6.45, 7) is 5.72. The number of carbonyl (C=O) groups excluding carboxylic acids is 1. The molecule has 4 rings (SSSR count). The van der Waals surface area contributed by atoms with Crippen LogP contribution in [0.3, 0.4) is 0 Å². The van der Waals surface area contributed by atoms with E-state index in [0.717, 1.165) is 79.0 Å². The lowest BCUT2D eigenvalue weighted by Crippen LogP contribution is -2.46. The summed E-state index contributed by atoms with van der Waals surface area (Å²) in [4.78, 5) is 16.2. The lowest BCUT2D eigenvalue weighted by atomic mass is 10.2. The molecule has 0 spiro atoms. The second-order valence-electron chi connectivity index (χ2n) is 7.98. The van der Waals surface area contributed by atoms with Crippen LogP contribution >= 0.6 is 39.1 Å². The average Bonchev–Trinajstić information content (AvgIpc) is 3.09. The third kappa shape index (κ3) is 5.34. The molecule has 2 amide bonds. The molecule has 1 saturated heterocycles. The zero-order valence-corrected chi connectivity index (χ0v) is 20.8. The van der Waals surface area contributed by atoms with Crippen molar-refractivity contribution >= 4 is 67.6 Å². The van der Waals surface area contributed by atoms with Crippen molar-refractivity contribution in [3.05, 3.63) is 57.0 Å². The van der Waals surface area contributed by atoms with Crippen LogP contribution in [0.15, 0.2) is 46.9 Å². The maximum absolute atomic E-state index is 11.4. The van der Waals surface area contributed by atoms with E-state index < -0.39 is 6.03 Å². The molecule has 0 atom stereocenters. The number of aryl methyl sites for hydroxylation is 1. The number of nitrogens with one attached hydrogen (secondary N) is 1. The monoisotopic (exact) mass is 537 g/mol. The first-order chi connectivity index (χ1) is 15.4. The molecule has 6 nitrogen and oxygen atoms in total. The highest BCUT2D eigenvalue weighted by Crippen LogP contribution is 2.33. The smallest absolute Gasteiger partial charge is 0.317 e. The van der Waals surface area contributed by atoms with E-state index in [4.69, 9.17) is 28.9 Å². The fourth-order valence-electron chi connectivity index (χ4n) is 4.27. The van der Waals surface area contributed by atoms with Crippen molar-refractivity contribution in [3.63, 3.8) is 0 Å². The Hall–Kier alpha value is -1.93. The van der Waals surface area contributed by atoms with Gasteiger partial charge in [0.05, 0.1) is 15.7 Å².